The second kappa shape index (κ2) is 6.34. The molecule has 0 spiro atoms. The van der Waals surface area contributed by atoms with E-state index in [0.29, 0.717) is 5.69 Å². The quantitative estimate of drug-likeness (QED) is 0.612. The molecule has 0 fully saturated rings. The van der Waals surface area contributed by atoms with Gasteiger partial charge in [-0.3, -0.25) is 9.78 Å². The highest BCUT2D eigenvalue weighted by Crippen LogP contribution is 2.10. The minimum Gasteiger partial charge on any atom is -0.481 e. The number of amides is 2. The van der Waals surface area contributed by atoms with Crippen LogP contribution in [0.5, 0.6) is 0 Å². The number of nitrogens with zero attached hydrogens (tertiary/aromatic N) is 1. The number of aromatic nitrogens is 1. The maximum Gasteiger partial charge on any atom is 0.326 e. The molecule has 0 unspecified atom stereocenters. The number of carboxylic acids is 2. The van der Waals surface area contributed by atoms with E-state index in [9.17, 15) is 14.4 Å². The van der Waals surface area contributed by atoms with E-state index >= 15 is 0 Å². The van der Waals surface area contributed by atoms with E-state index in [0.717, 1.165) is 5.56 Å². The van der Waals surface area contributed by atoms with Crippen molar-refractivity contribution in [3.63, 3.8) is 0 Å². The number of pyridine rings is 1. The zero-order valence-corrected chi connectivity index (χ0v) is 10.1. The first-order valence-electron chi connectivity index (χ1n) is 5.33. The zero-order chi connectivity index (χ0) is 14.4. The highest BCUT2D eigenvalue weighted by atomic mass is 16.4. The van der Waals surface area contributed by atoms with Crippen LogP contribution >= 0.6 is 0 Å². The van der Waals surface area contributed by atoms with Crippen LogP contribution in [0.1, 0.15) is 12.0 Å². The van der Waals surface area contributed by atoms with Gasteiger partial charge in [0.05, 0.1) is 18.3 Å². The molecule has 8 nitrogen and oxygen atoms in total. The summed E-state index contributed by atoms with van der Waals surface area (Å²) in [7, 11) is 0. The average molecular weight is 267 g/mol. The van der Waals surface area contributed by atoms with Crippen LogP contribution in [-0.2, 0) is 9.59 Å². The summed E-state index contributed by atoms with van der Waals surface area (Å²) in [5, 5.41) is 21.8. The third kappa shape index (κ3) is 4.62. The molecule has 0 saturated carbocycles. The number of hydrogen-bond acceptors (Lipinski definition) is 4. The van der Waals surface area contributed by atoms with E-state index in [1.54, 1.807) is 19.2 Å². The number of carboxylic acid groups (broad SMARTS) is 2. The molecule has 0 aliphatic carbocycles. The highest BCUT2D eigenvalue weighted by Gasteiger charge is 2.23. The van der Waals surface area contributed by atoms with Crippen LogP contribution in [0.2, 0.25) is 0 Å². The summed E-state index contributed by atoms with van der Waals surface area (Å²) in [5.74, 6) is -2.73. The van der Waals surface area contributed by atoms with Crippen molar-refractivity contribution in [3.8, 4) is 0 Å². The molecule has 4 N–H and O–H groups in total. The lowest BCUT2D eigenvalue weighted by molar-refractivity contribution is -0.145. The van der Waals surface area contributed by atoms with Crippen LogP contribution in [0.25, 0.3) is 0 Å². The smallest absolute Gasteiger partial charge is 0.326 e. The van der Waals surface area contributed by atoms with E-state index in [4.69, 9.17) is 10.2 Å². The molecule has 1 aromatic rings. The van der Waals surface area contributed by atoms with Crippen molar-refractivity contribution in [1.82, 2.24) is 10.3 Å². The summed E-state index contributed by atoms with van der Waals surface area (Å²) in [5.41, 5.74) is 1.16. The molecule has 0 aromatic carbocycles. The van der Waals surface area contributed by atoms with Gasteiger partial charge in [-0.15, -0.1) is 0 Å². The number of hydrogen-bond donors (Lipinski definition) is 4. The number of urea groups is 1. The topological polar surface area (TPSA) is 129 Å². The molecule has 0 aliphatic rings. The van der Waals surface area contributed by atoms with Gasteiger partial charge >= 0.3 is 18.0 Å². The SMILES string of the molecule is Cc1ccncc1NC(=O)N[C@H](CC(=O)O)C(=O)O. The Hall–Kier alpha value is -2.64. The van der Waals surface area contributed by atoms with Gasteiger partial charge in [-0.25, -0.2) is 9.59 Å². The van der Waals surface area contributed by atoms with Gasteiger partial charge in [0.2, 0.25) is 0 Å². The van der Waals surface area contributed by atoms with E-state index < -0.39 is 30.4 Å². The van der Waals surface area contributed by atoms with Gasteiger partial charge < -0.3 is 20.8 Å². The first-order chi connectivity index (χ1) is 8.90. The van der Waals surface area contributed by atoms with Crippen molar-refractivity contribution in [2.45, 2.75) is 19.4 Å². The standard InChI is InChI=1S/C11H13N3O5/c1-6-2-3-12-5-8(6)14-11(19)13-7(10(17)18)4-9(15)16/h2-3,5,7H,4H2,1H3,(H,15,16)(H,17,18)(H2,13,14,19)/t7-/m1/s1. The predicted molar refractivity (Wildman–Crippen MR) is 64.8 cm³/mol. The molecule has 0 aliphatic heterocycles. The molecular formula is C11H13N3O5. The van der Waals surface area contributed by atoms with Crippen molar-refractivity contribution in [1.29, 1.82) is 0 Å². The third-order valence-corrected chi connectivity index (χ3v) is 2.27. The number of aryl methyl sites for hydroxylation is 1. The normalized spacial score (nSPS) is 11.4. The van der Waals surface area contributed by atoms with Gasteiger partial charge in [0, 0.05) is 6.20 Å². The molecule has 2 amide bonds. The van der Waals surface area contributed by atoms with Gasteiger partial charge in [-0.05, 0) is 18.6 Å². The third-order valence-electron chi connectivity index (χ3n) is 2.27. The molecular weight excluding hydrogens is 254 g/mol. The molecule has 1 heterocycles. The predicted octanol–water partition coefficient (Wildman–Crippen LogP) is 0.439. The summed E-state index contributed by atoms with van der Waals surface area (Å²) >= 11 is 0. The number of nitrogens with one attached hydrogen (secondary N) is 2. The zero-order valence-electron chi connectivity index (χ0n) is 10.1. The number of carbonyl (C=O) groups is 3. The van der Waals surface area contributed by atoms with Crippen LogP contribution in [0.3, 0.4) is 0 Å². The summed E-state index contributed by atoms with van der Waals surface area (Å²) < 4.78 is 0. The highest BCUT2D eigenvalue weighted by molar-refractivity contribution is 5.93. The van der Waals surface area contributed by atoms with Crippen LogP contribution in [0, 0.1) is 6.92 Å². The Kier molecular flexibility index (Phi) is 4.81. The Morgan fingerprint density at radius 2 is 2.05 bits per heavy atom. The fourth-order valence-corrected chi connectivity index (χ4v) is 1.29. The molecule has 0 saturated heterocycles. The second-order valence-corrected chi connectivity index (χ2v) is 3.78. The van der Waals surface area contributed by atoms with Crippen molar-refractivity contribution >= 4 is 23.7 Å². The van der Waals surface area contributed by atoms with Crippen LogP contribution in [-0.4, -0.2) is 39.2 Å². The fourth-order valence-electron chi connectivity index (χ4n) is 1.29. The maximum absolute atomic E-state index is 11.6. The lowest BCUT2D eigenvalue weighted by atomic mass is 10.2. The van der Waals surface area contributed by atoms with Crippen molar-refractivity contribution in [3.05, 3.63) is 24.0 Å². The van der Waals surface area contributed by atoms with Crippen LogP contribution in [0.4, 0.5) is 10.5 Å². The largest absolute Gasteiger partial charge is 0.481 e. The Bertz CT molecular complexity index is 503. The van der Waals surface area contributed by atoms with Gasteiger partial charge in [0.25, 0.3) is 0 Å². The van der Waals surface area contributed by atoms with Crippen molar-refractivity contribution < 1.29 is 24.6 Å². The van der Waals surface area contributed by atoms with Crippen molar-refractivity contribution in [2.24, 2.45) is 0 Å². The molecule has 1 atom stereocenters. The molecule has 0 bridgehead atoms. The van der Waals surface area contributed by atoms with Crippen LogP contribution < -0.4 is 10.6 Å². The summed E-state index contributed by atoms with van der Waals surface area (Å²) in [6, 6.07) is -0.624. The van der Waals surface area contributed by atoms with E-state index in [-0.39, 0.29) is 0 Å². The van der Waals surface area contributed by atoms with E-state index in [1.807, 2.05) is 0 Å². The molecule has 19 heavy (non-hydrogen) atoms. The Balaban J connectivity index is 2.65. The average Bonchev–Trinajstić information content (AvgIpc) is 2.30. The summed E-state index contributed by atoms with van der Waals surface area (Å²) in [6.45, 7) is 1.74. The molecule has 0 radical (unpaired) electrons. The molecule has 8 heteroatoms. The van der Waals surface area contributed by atoms with Gasteiger partial charge in [-0.2, -0.15) is 0 Å². The fraction of sp³-hybridized carbons (Fsp3) is 0.273. The second-order valence-electron chi connectivity index (χ2n) is 3.78. The molecule has 1 rings (SSSR count). The van der Waals surface area contributed by atoms with E-state index in [1.165, 1.54) is 6.20 Å². The lowest BCUT2D eigenvalue weighted by Gasteiger charge is -2.13. The van der Waals surface area contributed by atoms with Crippen LogP contribution in [0.15, 0.2) is 18.5 Å². The Morgan fingerprint density at radius 3 is 2.58 bits per heavy atom. The maximum atomic E-state index is 11.6. The van der Waals surface area contributed by atoms with Gasteiger partial charge in [-0.1, -0.05) is 0 Å². The monoisotopic (exact) mass is 267 g/mol. The minimum atomic E-state index is -1.49. The summed E-state index contributed by atoms with van der Waals surface area (Å²) in [4.78, 5) is 36.6. The lowest BCUT2D eigenvalue weighted by Crippen LogP contribution is -2.44. The Labute approximate surface area is 108 Å². The van der Waals surface area contributed by atoms with Gasteiger partial charge in [0.15, 0.2) is 0 Å². The Morgan fingerprint density at radius 1 is 1.37 bits per heavy atom. The molecule has 1 aromatic heterocycles. The van der Waals surface area contributed by atoms with Gasteiger partial charge in [0.1, 0.15) is 6.04 Å². The number of anilines is 1. The summed E-state index contributed by atoms with van der Waals surface area (Å²) in [6.07, 6.45) is 2.25. The number of aliphatic carboxylic acids is 2. The first kappa shape index (κ1) is 14.4. The minimum absolute atomic E-state index is 0.416. The number of carbonyl (C=O) groups excluding carboxylic acids is 1. The molecule has 102 valence electrons. The van der Waals surface area contributed by atoms with E-state index in [2.05, 4.69) is 15.6 Å². The van der Waals surface area contributed by atoms with Crippen molar-refractivity contribution in [2.75, 3.05) is 5.32 Å². The first-order valence-corrected chi connectivity index (χ1v) is 5.33. The number of rotatable bonds is 5.